The van der Waals surface area contributed by atoms with Crippen LogP contribution in [0.15, 0.2) is 0 Å². The molecule has 9 nitrogen and oxygen atoms in total. The van der Waals surface area contributed by atoms with E-state index in [4.69, 9.17) is 42.6 Å². The van der Waals surface area contributed by atoms with E-state index >= 15 is 0 Å². The molecule has 0 unspecified atom stereocenters. The summed E-state index contributed by atoms with van der Waals surface area (Å²) in [5, 5.41) is 0. The van der Waals surface area contributed by atoms with Crippen LogP contribution in [0, 0.1) is 0 Å². The molecule has 10 atom stereocenters. The summed E-state index contributed by atoms with van der Waals surface area (Å²) in [6.07, 6.45) is 0.248. The molecule has 4 bridgehead atoms. The van der Waals surface area contributed by atoms with E-state index < -0.39 is 11.6 Å². The van der Waals surface area contributed by atoms with Gasteiger partial charge in [0.15, 0.2) is 12.6 Å². The van der Waals surface area contributed by atoms with Gasteiger partial charge < -0.3 is 42.6 Å². The third-order valence-electron chi connectivity index (χ3n) is 6.17. The van der Waals surface area contributed by atoms with Crippen molar-refractivity contribution < 1.29 is 42.6 Å². The molecule has 6 fully saturated rings. The molecule has 0 N–H and O–H groups in total. The fourth-order valence-corrected chi connectivity index (χ4v) is 4.93. The van der Waals surface area contributed by atoms with Crippen LogP contribution in [0.25, 0.3) is 0 Å². The second-order valence-corrected chi connectivity index (χ2v) is 8.28. The lowest BCUT2D eigenvalue weighted by atomic mass is 10.0. The smallest absolute Gasteiger partial charge is 0.203 e. The molecule has 9 heteroatoms. The van der Waals surface area contributed by atoms with Crippen LogP contribution in [-0.4, -0.2) is 87.2 Å². The normalized spacial score (nSPS) is 58.4. The highest BCUT2D eigenvalue weighted by atomic mass is 16.9. The van der Waals surface area contributed by atoms with Gasteiger partial charge in [-0.1, -0.05) is 0 Å². The first-order valence-electron chi connectivity index (χ1n) is 9.88. The van der Waals surface area contributed by atoms with Gasteiger partial charge in [-0.05, 0) is 13.8 Å². The lowest BCUT2D eigenvalue weighted by molar-refractivity contribution is -0.180. The molecule has 152 valence electrons. The van der Waals surface area contributed by atoms with Crippen molar-refractivity contribution >= 4 is 0 Å². The minimum atomic E-state index is -0.561. The molecule has 0 amide bonds. The van der Waals surface area contributed by atoms with Gasteiger partial charge in [0, 0.05) is 12.8 Å². The van der Waals surface area contributed by atoms with Crippen molar-refractivity contribution in [2.24, 2.45) is 0 Å². The van der Waals surface area contributed by atoms with E-state index in [1.807, 2.05) is 13.8 Å². The molecule has 0 aromatic heterocycles. The van der Waals surface area contributed by atoms with Crippen molar-refractivity contribution in [1.29, 1.82) is 0 Å². The van der Waals surface area contributed by atoms with Gasteiger partial charge in [0.1, 0.15) is 24.4 Å². The predicted molar refractivity (Wildman–Crippen MR) is 85.6 cm³/mol. The van der Waals surface area contributed by atoms with Crippen LogP contribution in [0.5, 0.6) is 0 Å². The quantitative estimate of drug-likeness (QED) is 0.633. The highest BCUT2D eigenvalue weighted by molar-refractivity contribution is 5.07. The summed E-state index contributed by atoms with van der Waals surface area (Å²) >= 11 is 0. The van der Waals surface area contributed by atoms with Gasteiger partial charge in [0.2, 0.25) is 11.6 Å². The van der Waals surface area contributed by atoms with Crippen LogP contribution in [0.1, 0.15) is 26.7 Å². The molecule has 6 rings (SSSR count). The van der Waals surface area contributed by atoms with E-state index in [9.17, 15) is 0 Å². The Bertz CT molecular complexity index is 545. The summed E-state index contributed by atoms with van der Waals surface area (Å²) in [6, 6.07) is 0. The summed E-state index contributed by atoms with van der Waals surface area (Å²) in [5.41, 5.74) is 0. The molecule has 0 aromatic carbocycles. The standard InChI is InChI=1S/C18H26O9/c1-9-20-5-11-3-17(24-9)15(26-17)13(22-11)7-19-8-14-16-18(27-16)4-12(23-14)6-21-10(2)25-18/h9-16H,3-8H2,1-2H3/t9-,10-,11+,12+,13-,14+,15-,16+,17-,18-/m0/s1. The second-order valence-electron chi connectivity index (χ2n) is 8.28. The summed E-state index contributed by atoms with van der Waals surface area (Å²) in [5.74, 6) is -1.12. The molecule has 6 aliphatic heterocycles. The average molecular weight is 386 g/mol. The maximum Gasteiger partial charge on any atom is 0.203 e. The Morgan fingerprint density at radius 2 is 1.22 bits per heavy atom. The van der Waals surface area contributed by atoms with Gasteiger partial charge in [-0.15, -0.1) is 0 Å². The Morgan fingerprint density at radius 1 is 0.741 bits per heavy atom. The first-order valence-corrected chi connectivity index (χ1v) is 9.88. The Hall–Kier alpha value is -0.360. The Balaban J connectivity index is 1.05. The van der Waals surface area contributed by atoms with E-state index in [1.54, 1.807) is 0 Å². The van der Waals surface area contributed by atoms with Crippen molar-refractivity contribution in [3.8, 4) is 0 Å². The van der Waals surface area contributed by atoms with E-state index in [-0.39, 0.29) is 49.2 Å². The monoisotopic (exact) mass is 386 g/mol. The molecule has 0 saturated carbocycles. The van der Waals surface area contributed by atoms with Crippen LogP contribution < -0.4 is 0 Å². The van der Waals surface area contributed by atoms with Gasteiger partial charge in [-0.3, -0.25) is 0 Å². The van der Waals surface area contributed by atoms with Crippen molar-refractivity contribution in [1.82, 2.24) is 0 Å². The topological polar surface area (TPSA) is 89.7 Å². The molecule has 6 saturated heterocycles. The zero-order chi connectivity index (χ0) is 18.2. The van der Waals surface area contributed by atoms with Gasteiger partial charge in [0.25, 0.3) is 0 Å². The maximum atomic E-state index is 6.10. The van der Waals surface area contributed by atoms with Crippen LogP contribution in [0.3, 0.4) is 0 Å². The number of hydrogen-bond acceptors (Lipinski definition) is 9. The second kappa shape index (κ2) is 6.07. The van der Waals surface area contributed by atoms with E-state index in [0.717, 1.165) is 0 Å². The van der Waals surface area contributed by atoms with Crippen LogP contribution in [0.2, 0.25) is 0 Å². The predicted octanol–water partition coefficient (Wildman–Crippen LogP) is 0.294. The SMILES string of the molecule is C[C@H]1OC[C@H]2C[C@]3(O1)O[C@@H]3[C@@H](COC[C@@H]1O[C@H]3CO[C@H](C)O[C@@]4(C3)O[C@@H]14)O2. The number of rotatable bonds is 4. The largest absolute Gasteiger partial charge is 0.376 e. The third-order valence-corrected chi connectivity index (χ3v) is 6.17. The van der Waals surface area contributed by atoms with Crippen molar-refractivity contribution in [2.75, 3.05) is 26.4 Å². The number of ether oxygens (including phenoxy) is 9. The van der Waals surface area contributed by atoms with Crippen molar-refractivity contribution in [3.05, 3.63) is 0 Å². The van der Waals surface area contributed by atoms with Crippen molar-refractivity contribution in [3.63, 3.8) is 0 Å². The van der Waals surface area contributed by atoms with Gasteiger partial charge >= 0.3 is 0 Å². The minimum Gasteiger partial charge on any atom is -0.376 e. The number of epoxide rings is 2. The van der Waals surface area contributed by atoms with Crippen LogP contribution in [-0.2, 0) is 42.6 Å². The Morgan fingerprint density at radius 3 is 1.70 bits per heavy atom. The molecule has 27 heavy (non-hydrogen) atoms. The summed E-state index contributed by atoms with van der Waals surface area (Å²) in [7, 11) is 0. The van der Waals surface area contributed by atoms with E-state index in [1.165, 1.54) is 0 Å². The maximum absolute atomic E-state index is 6.10. The molecule has 0 radical (unpaired) electrons. The minimum absolute atomic E-state index is 0.0295. The number of hydrogen-bond donors (Lipinski definition) is 0. The third kappa shape index (κ3) is 2.95. The lowest BCUT2D eigenvalue weighted by Crippen LogP contribution is -2.45. The van der Waals surface area contributed by atoms with Crippen molar-refractivity contribution in [2.45, 2.75) is 87.5 Å². The van der Waals surface area contributed by atoms with Crippen LogP contribution in [0.4, 0.5) is 0 Å². The zero-order valence-corrected chi connectivity index (χ0v) is 15.5. The van der Waals surface area contributed by atoms with Gasteiger partial charge in [-0.2, -0.15) is 0 Å². The molecule has 6 aliphatic rings. The highest BCUT2D eigenvalue weighted by Gasteiger charge is 2.69. The highest BCUT2D eigenvalue weighted by Crippen LogP contribution is 2.52. The Labute approximate surface area is 157 Å². The molecule has 6 heterocycles. The van der Waals surface area contributed by atoms with Crippen LogP contribution >= 0.6 is 0 Å². The average Bonchev–Trinajstić information content (AvgIpc) is 3.52. The molecule has 0 aromatic rings. The van der Waals surface area contributed by atoms with Gasteiger partial charge in [0.05, 0.1) is 38.6 Å². The molecular formula is C18H26O9. The zero-order valence-electron chi connectivity index (χ0n) is 15.5. The fraction of sp³-hybridized carbons (Fsp3) is 1.00. The summed E-state index contributed by atoms with van der Waals surface area (Å²) < 4.78 is 52.9. The molecule has 2 spiro atoms. The Kier molecular flexibility index (Phi) is 3.93. The molecule has 0 aliphatic carbocycles. The fourth-order valence-electron chi connectivity index (χ4n) is 4.93. The summed E-state index contributed by atoms with van der Waals surface area (Å²) in [4.78, 5) is 0. The first kappa shape index (κ1) is 17.5. The molecular weight excluding hydrogens is 360 g/mol. The summed E-state index contributed by atoms with van der Waals surface area (Å²) in [6.45, 7) is 5.63. The lowest BCUT2D eigenvalue weighted by Gasteiger charge is -2.30. The van der Waals surface area contributed by atoms with E-state index in [0.29, 0.717) is 39.3 Å². The number of fused-ring (bicyclic) bond motifs is 2. The first-order chi connectivity index (χ1) is 13.1. The van der Waals surface area contributed by atoms with Gasteiger partial charge in [-0.25, -0.2) is 0 Å². The van der Waals surface area contributed by atoms with E-state index in [2.05, 4.69) is 0 Å².